The first-order chi connectivity index (χ1) is 12.5. The van der Waals surface area contributed by atoms with E-state index in [0.29, 0.717) is 25.4 Å². The van der Waals surface area contributed by atoms with Gasteiger partial charge in [0.15, 0.2) is 0 Å². The predicted molar refractivity (Wildman–Crippen MR) is 99.8 cm³/mol. The van der Waals surface area contributed by atoms with Crippen molar-refractivity contribution in [2.45, 2.75) is 38.7 Å². The van der Waals surface area contributed by atoms with Gasteiger partial charge in [0.25, 0.3) is 5.91 Å². The summed E-state index contributed by atoms with van der Waals surface area (Å²) in [5.74, 6) is -0.0398. The van der Waals surface area contributed by atoms with Crippen LogP contribution in [0.5, 0.6) is 0 Å². The molecule has 1 aliphatic rings. The Morgan fingerprint density at radius 1 is 1.31 bits per heavy atom. The van der Waals surface area contributed by atoms with Crippen LogP contribution in [0.15, 0.2) is 24.3 Å². The number of benzene rings is 1. The molecule has 4 N–H and O–H groups in total. The van der Waals surface area contributed by atoms with E-state index in [1.165, 1.54) is 5.56 Å². The third-order valence-corrected chi connectivity index (χ3v) is 4.71. The van der Waals surface area contributed by atoms with Gasteiger partial charge in [-0.1, -0.05) is 19.1 Å². The molecule has 1 aromatic carbocycles. The number of piperidine rings is 1. The molecular formula is C19H29N3O4. The number of hydrogen-bond donors (Lipinski definition) is 3. The molecule has 0 bridgehead atoms. The summed E-state index contributed by atoms with van der Waals surface area (Å²) < 4.78 is 5.30. The van der Waals surface area contributed by atoms with E-state index in [4.69, 9.17) is 10.5 Å². The molecule has 0 aliphatic carbocycles. The van der Waals surface area contributed by atoms with Gasteiger partial charge in [0.05, 0.1) is 6.61 Å². The Morgan fingerprint density at radius 3 is 2.54 bits per heavy atom. The van der Waals surface area contributed by atoms with Crippen molar-refractivity contribution in [1.82, 2.24) is 4.90 Å². The third-order valence-electron chi connectivity index (χ3n) is 4.71. The monoisotopic (exact) mass is 363 g/mol. The van der Waals surface area contributed by atoms with Gasteiger partial charge in [0.2, 0.25) is 0 Å². The molecule has 1 unspecified atom stereocenters. The quantitative estimate of drug-likeness (QED) is 0.684. The van der Waals surface area contributed by atoms with Crippen molar-refractivity contribution in [1.29, 1.82) is 0 Å². The average Bonchev–Trinajstić information content (AvgIpc) is 2.67. The van der Waals surface area contributed by atoms with Gasteiger partial charge in [0.1, 0.15) is 6.10 Å². The number of ether oxygens (including phenoxy) is 1. The summed E-state index contributed by atoms with van der Waals surface area (Å²) in [4.78, 5) is 25.6. The molecule has 1 aliphatic heterocycles. The highest BCUT2D eigenvalue weighted by molar-refractivity contribution is 5.84. The summed E-state index contributed by atoms with van der Waals surface area (Å²) in [6.07, 6.45) is 1.25. The van der Waals surface area contributed by atoms with E-state index in [1.54, 1.807) is 4.90 Å². The fourth-order valence-corrected chi connectivity index (χ4v) is 2.98. The Bertz CT molecular complexity index is 583. The van der Waals surface area contributed by atoms with E-state index in [9.17, 15) is 14.7 Å². The number of nitrogens with zero attached hydrogens (tertiary/aromatic N) is 1. The van der Waals surface area contributed by atoms with E-state index >= 15 is 0 Å². The van der Waals surface area contributed by atoms with E-state index in [1.807, 2.05) is 24.3 Å². The molecule has 144 valence electrons. The fraction of sp³-hybridized carbons (Fsp3) is 0.579. The summed E-state index contributed by atoms with van der Waals surface area (Å²) in [6.45, 7) is 3.82. The molecule has 0 saturated carbocycles. The van der Waals surface area contributed by atoms with Crippen molar-refractivity contribution in [3.63, 3.8) is 0 Å². The van der Waals surface area contributed by atoms with Gasteiger partial charge in [-0.2, -0.15) is 0 Å². The number of anilines is 1. The van der Waals surface area contributed by atoms with Crippen molar-refractivity contribution in [3.05, 3.63) is 29.8 Å². The lowest BCUT2D eigenvalue weighted by Gasteiger charge is -2.32. The Morgan fingerprint density at radius 2 is 1.96 bits per heavy atom. The number of carbonyl (C=O) groups excluding carboxylic acids is 2. The zero-order valence-electron chi connectivity index (χ0n) is 15.3. The smallest absolute Gasteiger partial charge is 0.411 e. The van der Waals surface area contributed by atoms with Crippen molar-refractivity contribution < 1.29 is 19.4 Å². The summed E-state index contributed by atoms with van der Waals surface area (Å²) in [7, 11) is 0. The molecule has 1 heterocycles. The Labute approximate surface area is 154 Å². The minimum atomic E-state index is -1.02. The van der Waals surface area contributed by atoms with Crippen LogP contribution in [0.4, 0.5) is 10.5 Å². The summed E-state index contributed by atoms with van der Waals surface area (Å²) in [5, 5.41) is 12.5. The highest BCUT2D eigenvalue weighted by Crippen LogP contribution is 2.19. The van der Waals surface area contributed by atoms with Crippen LogP contribution in [0.2, 0.25) is 0 Å². The van der Waals surface area contributed by atoms with Crippen LogP contribution < -0.4 is 11.1 Å². The van der Waals surface area contributed by atoms with Gasteiger partial charge >= 0.3 is 6.09 Å². The molecule has 1 atom stereocenters. The zero-order chi connectivity index (χ0) is 18.9. The topological polar surface area (TPSA) is 105 Å². The van der Waals surface area contributed by atoms with E-state index < -0.39 is 12.2 Å². The average molecular weight is 363 g/mol. The molecule has 1 saturated heterocycles. The summed E-state index contributed by atoms with van der Waals surface area (Å²) in [5.41, 5.74) is 7.29. The molecule has 7 nitrogen and oxygen atoms in total. The lowest BCUT2D eigenvalue weighted by Crippen LogP contribution is -2.45. The molecule has 1 fully saturated rings. The second-order valence-corrected chi connectivity index (χ2v) is 6.64. The molecule has 0 radical (unpaired) electrons. The van der Waals surface area contributed by atoms with Crippen LogP contribution in [0.25, 0.3) is 0 Å². The Balaban J connectivity index is 1.69. The largest absolute Gasteiger partial charge is 0.449 e. The van der Waals surface area contributed by atoms with Gasteiger partial charge < -0.3 is 20.5 Å². The maximum Gasteiger partial charge on any atom is 0.411 e. The number of nitrogens with two attached hydrogens (primary N) is 1. The normalized spacial score (nSPS) is 16.2. The maximum absolute atomic E-state index is 12.0. The maximum atomic E-state index is 12.0. The van der Waals surface area contributed by atoms with Gasteiger partial charge in [-0.25, -0.2) is 4.79 Å². The van der Waals surface area contributed by atoms with Gasteiger partial charge in [-0.3, -0.25) is 10.1 Å². The molecule has 2 amide bonds. The van der Waals surface area contributed by atoms with Crippen LogP contribution in [0.3, 0.4) is 0 Å². The minimum absolute atomic E-state index is 0.221. The van der Waals surface area contributed by atoms with Crippen molar-refractivity contribution in [2.75, 3.05) is 31.6 Å². The van der Waals surface area contributed by atoms with Gasteiger partial charge in [-0.15, -0.1) is 0 Å². The number of aryl methyl sites for hydroxylation is 1. The van der Waals surface area contributed by atoms with Crippen molar-refractivity contribution in [3.8, 4) is 0 Å². The highest BCUT2D eigenvalue weighted by atomic mass is 16.5. The molecule has 2 rings (SSSR count). The summed E-state index contributed by atoms with van der Waals surface area (Å²) >= 11 is 0. The number of carbonyl (C=O) groups is 2. The lowest BCUT2D eigenvalue weighted by atomic mass is 9.97. The van der Waals surface area contributed by atoms with Crippen molar-refractivity contribution >= 4 is 17.7 Å². The van der Waals surface area contributed by atoms with Crippen LogP contribution in [-0.2, 0) is 16.0 Å². The standard InChI is InChI=1S/C19H29N3O4/c1-2-14-3-5-16(6-4-14)21-19(25)26-13-15-8-11-22(12-9-15)18(24)17(23)7-10-20/h3-6,15,17,23H,2,7-13,20H2,1H3,(H,21,25). The van der Waals surface area contributed by atoms with E-state index in [-0.39, 0.29) is 24.8 Å². The second-order valence-electron chi connectivity index (χ2n) is 6.64. The van der Waals surface area contributed by atoms with Gasteiger partial charge in [0, 0.05) is 18.8 Å². The van der Waals surface area contributed by atoms with E-state index in [2.05, 4.69) is 12.2 Å². The highest BCUT2D eigenvalue weighted by Gasteiger charge is 2.27. The number of likely N-dealkylation sites (tertiary alicyclic amines) is 1. The molecule has 7 heteroatoms. The molecule has 1 aromatic rings. The first-order valence-corrected chi connectivity index (χ1v) is 9.23. The number of rotatable bonds is 7. The summed E-state index contributed by atoms with van der Waals surface area (Å²) in [6, 6.07) is 7.66. The molecular weight excluding hydrogens is 334 g/mol. The van der Waals surface area contributed by atoms with E-state index in [0.717, 1.165) is 19.3 Å². The van der Waals surface area contributed by atoms with Crippen LogP contribution in [-0.4, -0.2) is 54.4 Å². The van der Waals surface area contributed by atoms with Crippen LogP contribution in [0, 0.1) is 5.92 Å². The molecule has 0 spiro atoms. The van der Waals surface area contributed by atoms with Gasteiger partial charge in [-0.05, 0) is 55.8 Å². The SMILES string of the molecule is CCc1ccc(NC(=O)OCC2CCN(C(=O)C(O)CCN)CC2)cc1. The number of amides is 2. The van der Waals surface area contributed by atoms with Crippen LogP contribution >= 0.6 is 0 Å². The zero-order valence-corrected chi connectivity index (χ0v) is 15.3. The van der Waals surface area contributed by atoms with Crippen molar-refractivity contribution in [2.24, 2.45) is 11.7 Å². The fourth-order valence-electron chi connectivity index (χ4n) is 2.98. The lowest BCUT2D eigenvalue weighted by molar-refractivity contribution is -0.142. The number of aliphatic hydroxyl groups is 1. The first kappa shape index (κ1) is 20.2. The predicted octanol–water partition coefficient (Wildman–Crippen LogP) is 1.75. The van der Waals surface area contributed by atoms with Crippen LogP contribution in [0.1, 0.15) is 31.7 Å². The second kappa shape index (κ2) is 10.1. The third kappa shape index (κ3) is 6.00. The number of hydrogen-bond acceptors (Lipinski definition) is 5. The Hall–Kier alpha value is -2.12. The molecule has 0 aromatic heterocycles. The molecule has 26 heavy (non-hydrogen) atoms. The Kier molecular flexibility index (Phi) is 7.87. The number of aliphatic hydroxyl groups excluding tert-OH is 1. The minimum Gasteiger partial charge on any atom is -0.449 e. The first-order valence-electron chi connectivity index (χ1n) is 9.23. The number of nitrogens with one attached hydrogen (secondary N) is 1.